The van der Waals surface area contributed by atoms with E-state index in [1.807, 2.05) is 48.0 Å². The van der Waals surface area contributed by atoms with Gasteiger partial charge in [0.25, 0.3) is 0 Å². The van der Waals surface area contributed by atoms with Gasteiger partial charge in [0.2, 0.25) is 5.95 Å². The molecule has 0 spiro atoms. The zero-order chi connectivity index (χ0) is 21.5. The van der Waals surface area contributed by atoms with Gasteiger partial charge in [0.15, 0.2) is 0 Å². The lowest BCUT2D eigenvalue weighted by molar-refractivity contribution is 0.414. The summed E-state index contributed by atoms with van der Waals surface area (Å²) in [7, 11) is 1.64. The molecule has 154 valence electrons. The van der Waals surface area contributed by atoms with Crippen LogP contribution in [0.2, 0.25) is 0 Å². The number of methoxy groups -OCH3 is 1. The molecule has 0 atom stereocenters. The van der Waals surface area contributed by atoms with Crippen LogP contribution in [0, 0.1) is 11.3 Å². The lowest BCUT2D eigenvalue weighted by Crippen LogP contribution is -2.10. The number of nitrogens with one attached hydrogen (secondary N) is 2. The molecule has 0 aliphatic carbocycles. The SMILES string of the molecule is COc1cccc(C2=CS/C(=C(/C#N)c3ccnc(NCCc4cccnc4)n3)N2)c1. The first-order valence-corrected chi connectivity index (χ1v) is 10.5. The van der Waals surface area contributed by atoms with Gasteiger partial charge in [-0.1, -0.05) is 30.0 Å². The molecule has 0 amide bonds. The van der Waals surface area contributed by atoms with Crippen molar-refractivity contribution in [1.29, 1.82) is 5.26 Å². The lowest BCUT2D eigenvalue weighted by Gasteiger charge is -2.09. The Hall–Kier alpha value is -3.83. The van der Waals surface area contributed by atoms with Crippen molar-refractivity contribution in [3.63, 3.8) is 0 Å². The number of ether oxygens (including phenoxy) is 1. The van der Waals surface area contributed by atoms with Crippen LogP contribution >= 0.6 is 11.8 Å². The molecule has 3 heterocycles. The molecule has 4 rings (SSSR count). The first kappa shape index (κ1) is 20.4. The molecule has 2 N–H and O–H groups in total. The fourth-order valence-corrected chi connectivity index (χ4v) is 3.89. The molecule has 1 aromatic carbocycles. The summed E-state index contributed by atoms with van der Waals surface area (Å²) in [5.41, 5.74) is 4.07. The van der Waals surface area contributed by atoms with Crippen LogP contribution in [0.5, 0.6) is 5.75 Å². The number of thioether (sulfide) groups is 1. The van der Waals surface area contributed by atoms with Crippen molar-refractivity contribution in [3.8, 4) is 11.8 Å². The van der Waals surface area contributed by atoms with Gasteiger partial charge >= 0.3 is 0 Å². The Bertz CT molecular complexity index is 1170. The highest BCUT2D eigenvalue weighted by atomic mass is 32.2. The molecule has 2 aromatic heterocycles. The Balaban J connectivity index is 1.47. The molecule has 0 saturated carbocycles. The standard InChI is InChI=1S/C23H20N6OS/c1-30-18-6-2-5-17(12-18)21-15-31-22(28-21)19(13-24)20-8-11-27-23(29-20)26-10-7-16-4-3-9-25-14-16/h2-6,8-9,11-12,14-15,28H,7,10H2,1H3,(H,26,27,29)/b22-19-. The number of nitriles is 1. The van der Waals surface area contributed by atoms with Crippen LogP contribution < -0.4 is 15.4 Å². The highest BCUT2D eigenvalue weighted by Crippen LogP contribution is 2.35. The highest BCUT2D eigenvalue weighted by Gasteiger charge is 2.19. The van der Waals surface area contributed by atoms with E-state index in [0.29, 0.717) is 23.8 Å². The minimum absolute atomic E-state index is 0.469. The van der Waals surface area contributed by atoms with Gasteiger partial charge in [0.05, 0.1) is 23.5 Å². The fourth-order valence-electron chi connectivity index (χ4n) is 3.02. The summed E-state index contributed by atoms with van der Waals surface area (Å²) in [6.07, 6.45) is 6.05. The van der Waals surface area contributed by atoms with E-state index in [-0.39, 0.29) is 0 Å². The van der Waals surface area contributed by atoms with Crippen LogP contribution in [0.15, 0.2) is 71.5 Å². The molecule has 0 fully saturated rings. The maximum absolute atomic E-state index is 9.80. The highest BCUT2D eigenvalue weighted by molar-refractivity contribution is 8.06. The van der Waals surface area contributed by atoms with Gasteiger partial charge in [-0.3, -0.25) is 4.98 Å². The van der Waals surface area contributed by atoms with Crippen molar-refractivity contribution in [3.05, 3.63) is 88.3 Å². The number of benzene rings is 1. The number of nitrogens with zero attached hydrogens (tertiary/aromatic N) is 4. The topological polar surface area (TPSA) is 95.8 Å². The summed E-state index contributed by atoms with van der Waals surface area (Å²) < 4.78 is 5.30. The normalized spacial score (nSPS) is 14.3. The molecule has 1 aliphatic rings. The average molecular weight is 429 g/mol. The molecule has 0 unspecified atom stereocenters. The fraction of sp³-hybridized carbons (Fsp3) is 0.130. The minimum Gasteiger partial charge on any atom is -0.497 e. The number of allylic oxidation sites excluding steroid dienone is 1. The van der Waals surface area contributed by atoms with Gasteiger partial charge in [-0.15, -0.1) is 0 Å². The second kappa shape index (κ2) is 9.78. The third-order valence-electron chi connectivity index (χ3n) is 4.59. The monoisotopic (exact) mass is 428 g/mol. The number of pyridine rings is 1. The summed E-state index contributed by atoms with van der Waals surface area (Å²) in [5, 5.41) is 19.1. The predicted octanol–water partition coefficient (Wildman–Crippen LogP) is 4.06. The van der Waals surface area contributed by atoms with Crippen LogP contribution in [-0.4, -0.2) is 28.6 Å². The van der Waals surface area contributed by atoms with E-state index >= 15 is 0 Å². The third kappa shape index (κ3) is 5.02. The Morgan fingerprint density at radius 2 is 2.16 bits per heavy atom. The van der Waals surface area contributed by atoms with Gasteiger partial charge < -0.3 is 15.4 Å². The summed E-state index contributed by atoms with van der Waals surface area (Å²) in [6.45, 7) is 0.669. The summed E-state index contributed by atoms with van der Waals surface area (Å²) in [5.74, 6) is 1.26. The van der Waals surface area contributed by atoms with Gasteiger partial charge in [0, 0.05) is 36.1 Å². The van der Waals surface area contributed by atoms with E-state index < -0.39 is 0 Å². The molecular formula is C23H20N6OS. The van der Waals surface area contributed by atoms with E-state index in [9.17, 15) is 5.26 Å². The summed E-state index contributed by atoms with van der Waals surface area (Å²) in [6, 6.07) is 15.7. The molecule has 31 heavy (non-hydrogen) atoms. The Morgan fingerprint density at radius 1 is 1.23 bits per heavy atom. The zero-order valence-electron chi connectivity index (χ0n) is 16.9. The number of aromatic nitrogens is 3. The van der Waals surface area contributed by atoms with Gasteiger partial charge in [-0.25, -0.2) is 9.97 Å². The largest absolute Gasteiger partial charge is 0.497 e. The Kier molecular flexibility index (Phi) is 6.45. The van der Waals surface area contributed by atoms with E-state index in [0.717, 1.165) is 34.0 Å². The van der Waals surface area contributed by atoms with Crippen molar-refractivity contribution in [1.82, 2.24) is 20.3 Å². The molecule has 0 radical (unpaired) electrons. The van der Waals surface area contributed by atoms with Crippen LogP contribution in [0.4, 0.5) is 5.95 Å². The molecule has 7 nitrogen and oxygen atoms in total. The maximum Gasteiger partial charge on any atom is 0.223 e. The van der Waals surface area contributed by atoms with Crippen molar-refractivity contribution >= 4 is 29.0 Å². The molecule has 0 bridgehead atoms. The number of anilines is 1. The third-order valence-corrected chi connectivity index (χ3v) is 5.49. The number of hydrogen-bond donors (Lipinski definition) is 2. The average Bonchev–Trinajstić information content (AvgIpc) is 3.31. The zero-order valence-corrected chi connectivity index (χ0v) is 17.7. The van der Waals surface area contributed by atoms with E-state index in [1.165, 1.54) is 11.8 Å². The number of hydrogen-bond acceptors (Lipinski definition) is 8. The van der Waals surface area contributed by atoms with Crippen LogP contribution in [0.1, 0.15) is 16.8 Å². The first-order chi connectivity index (χ1) is 15.3. The lowest BCUT2D eigenvalue weighted by atomic mass is 10.1. The van der Waals surface area contributed by atoms with Crippen molar-refractivity contribution in [2.24, 2.45) is 0 Å². The minimum atomic E-state index is 0.469. The van der Waals surface area contributed by atoms with E-state index in [2.05, 4.69) is 31.7 Å². The first-order valence-electron chi connectivity index (χ1n) is 9.65. The van der Waals surface area contributed by atoms with Crippen molar-refractivity contribution < 1.29 is 4.74 Å². The second-order valence-corrected chi connectivity index (χ2v) is 7.51. The van der Waals surface area contributed by atoms with Gasteiger partial charge in [-0.2, -0.15) is 5.26 Å². The smallest absolute Gasteiger partial charge is 0.223 e. The second-order valence-electron chi connectivity index (χ2n) is 6.63. The van der Waals surface area contributed by atoms with Crippen molar-refractivity contribution in [2.75, 3.05) is 19.0 Å². The molecule has 1 aliphatic heterocycles. The molecule has 0 saturated heterocycles. The summed E-state index contributed by atoms with van der Waals surface area (Å²) in [4.78, 5) is 12.9. The van der Waals surface area contributed by atoms with Gasteiger partial charge in [-0.05, 0) is 36.2 Å². The molecular weight excluding hydrogens is 408 g/mol. The summed E-state index contributed by atoms with van der Waals surface area (Å²) >= 11 is 1.46. The number of rotatable bonds is 7. The Labute approximate surface area is 184 Å². The Morgan fingerprint density at radius 3 is 2.97 bits per heavy atom. The van der Waals surface area contributed by atoms with Crippen LogP contribution in [0.25, 0.3) is 11.3 Å². The molecule has 3 aromatic rings. The maximum atomic E-state index is 9.80. The quantitative estimate of drug-likeness (QED) is 0.544. The van der Waals surface area contributed by atoms with E-state index in [4.69, 9.17) is 4.74 Å². The molecule has 8 heteroatoms. The van der Waals surface area contributed by atoms with Crippen molar-refractivity contribution in [2.45, 2.75) is 6.42 Å². The van der Waals surface area contributed by atoms with Crippen LogP contribution in [-0.2, 0) is 6.42 Å². The van der Waals surface area contributed by atoms with E-state index in [1.54, 1.807) is 25.6 Å². The predicted molar refractivity (Wildman–Crippen MR) is 123 cm³/mol. The van der Waals surface area contributed by atoms with Crippen LogP contribution in [0.3, 0.4) is 0 Å². The van der Waals surface area contributed by atoms with Gasteiger partial charge in [0.1, 0.15) is 17.4 Å².